The third-order valence-corrected chi connectivity index (χ3v) is 19.1. The van der Waals surface area contributed by atoms with Crippen LogP contribution in [0.3, 0.4) is 0 Å². The van der Waals surface area contributed by atoms with Crippen LogP contribution in [0.1, 0.15) is 0 Å². The summed E-state index contributed by atoms with van der Waals surface area (Å²) in [6.45, 7) is 11.4. The quantitative estimate of drug-likeness (QED) is 0.460. The molecule has 3 heteroatoms. The largest absolute Gasteiger partial charge is 0.234 e. The van der Waals surface area contributed by atoms with Gasteiger partial charge >= 0.3 is 0 Å². The summed E-state index contributed by atoms with van der Waals surface area (Å²) in [6, 6.07) is 0. The maximum atomic E-state index is 10.1. The van der Waals surface area contributed by atoms with Gasteiger partial charge in [0.25, 0.3) is 0 Å². The van der Waals surface area contributed by atoms with Crippen LogP contribution in [0.25, 0.3) is 0 Å². The summed E-state index contributed by atoms with van der Waals surface area (Å²) in [4.78, 5) is 10.1. The molecule has 1 nitrogen and oxygen atoms in total. The summed E-state index contributed by atoms with van der Waals surface area (Å²) in [5.74, 6) is 1.94. The summed E-state index contributed by atoms with van der Waals surface area (Å²) in [6.07, 6.45) is 0. The Kier molecular flexibility index (Phi) is 2.83. The van der Waals surface area contributed by atoms with Gasteiger partial charge in [-0.2, -0.15) is 0 Å². The van der Waals surface area contributed by atoms with Crippen molar-refractivity contribution in [3.05, 3.63) is 5.70 Å². The molecule has 0 N–H and O–H groups in total. The Labute approximate surface area is 65.0 Å². The van der Waals surface area contributed by atoms with Crippen LogP contribution in [0.15, 0.2) is 5.70 Å². The van der Waals surface area contributed by atoms with Crippen LogP contribution in [-0.2, 0) is 4.79 Å². The summed E-state index contributed by atoms with van der Waals surface area (Å²) >= 11 is 0. The van der Waals surface area contributed by atoms with Crippen molar-refractivity contribution in [2.24, 2.45) is 0 Å². The van der Waals surface area contributed by atoms with Crippen molar-refractivity contribution in [3.8, 4) is 0 Å². The minimum atomic E-state index is -1.31. The molecule has 0 saturated heterocycles. The van der Waals surface area contributed by atoms with E-state index in [4.69, 9.17) is 0 Å². The Balaban J connectivity index is 4.56. The van der Waals surface area contributed by atoms with Crippen LogP contribution in [-0.4, -0.2) is 21.1 Å². The molecule has 0 heterocycles. The molecule has 10 heavy (non-hydrogen) atoms. The van der Waals surface area contributed by atoms with Gasteiger partial charge in [-0.3, -0.25) is 0 Å². The lowest BCUT2D eigenvalue weighted by atomic mass is 11.2. The SMILES string of the molecule is C[Si](C)(C)[Si](C)(C)C=C=O. The zero-order valence-electron chi connectivity index (χ0n) is 7.49. The maximum absolute atomic E-state index is 10.1. The summed E-state index contributed by atoms with van der Waals surface area (Å²) in [7, 11) is -2.40. The first kappa shape index (κ1) is 9.88. The topological polar surface area (TPSA) is 17.1 Å². The third kappa shape index (κ3) is 2.25. The average molecular weight is 172 g/mol. The van der Waals surface area contributed by atoms with Gasteiger partial charge in [0.2, 0.25) is 0 Å². The molecular formula is C7H16OSi2. The normalized spacial score (nSPS) is 12.5. The highest BCUT2D eigenvalue weighted by atomic mass is 29.3. The zero-order chi connectivity index (χ0) is 8.41. The van der Waals surface area contributed by atoms with E-state index in [1.165, 1.54) is 0 Å². The molecular weight excluding hydrogens is 156 g/mol. The standard InChI is InChI=1S/C7H16OSi2/c1-9(2,3)10(4,5)7-6-8/h7H,1-5H3. The van der Waals surface area contributed by atoms with Gasteiger partial charge in [0.1, 0.15) is 5.94 Å². The van der Waals surface area contributed by atoms with Crippen molar-refractivity contribution in [1.29, 1.82) is 0 Å². The van der Waals surface area contributed by atoms with Gasteiger partial charge in [0.15, 0.2) is 0 Å². The molecule has 0 radical (unpaired) electrons. The van der Waals surface area contributed by atoms with E-state index in [2.05, 4.69) is 32.7 Å². The van der Waals surface area contributed by atoms with Gasteiger partial charge in [-0.25, -0.2) is 4.79 Å². The molecule has 0 atom stereocenters. The molecule has 0 rings (SSSR count). The molecule has 0 aromatic rings. The monoisotopic (exact) mass is 172 g/mol. The molecule has 58 valence electrons. The summed E-state index contributed by atoms with van der Waals surface area (Å²) in [5.41, 5.74) is 1.79. The van der Waals surface area contributed by atoms with Gasteiger partial charge in [-0.15, -0.1) is 0 Å². The average Bonchev–Trinajstić information content (AvgIpc) is 1.61. The van der Waals surface area contributed by atoms with Crippen LogP contribution < -0.4 is 0 Å². The second-order valence-corrected chi connectivity index (χ2v) is 20.8. The van der Waals surface area contributed by atoms with Gasteiger partial charge in [-0.05, 0) is 5.70 Å². The van der Waals surface area contributed by atoms with E-state index >= 15 is 0 Å². The van der Waals surface area contributed by atoms with Crippen LogP contribution in [0.5, 0.6) is 0 Å². The first-order valence-corrected chi connectivity index (χ1v) is 11.1. The Bertz CT molecular complexity index is 161. The molecule has 0 aliphatic heterocycles. The second kappa shape index (κ2) is 2.86. The van der Waals surface area contributed by atoms with E-state index in [0.717, 1.165) is 0 Å². The van der Waals surface area contributed by atoms with Crippen LogP contribution in [0.2, 0.25) is 32.7 Å². The molecule has 0 fully saturated rings. The van der Waals surface area contributed by atoms with E-state index in [9.17, 15) is 4.79 Å². The van der Waals surface area contributed by atoms with Crippen molar-refractivity contribution in [2.45, 2.75) is 32.7 Å². The number of hydrogen-bond donors (Lipinski definition) is 0. The first-order valence-electron chi connectivity index (χ1n) is 3.53. The highest BCUT2D eigenvalue weighted by Gasteiger charge is 2.34. The van der Waals surface area contributed by atoms with Crippen LogP contribution in [0, 0.1) is 0 Å². The third-order valence-electron chi connectivity index (χ3n) is 2.35. The summed E-state index contributed by atoms with van der Waals surface area (Å²) in [5, 5.41) is 0. The smallest absolute Gasteiger partial charge is 0.115 e. The maximum Gasteiger partial charge on any atom is 0.115 e. The summed E-state index contributed by atoms with van der Waals surface area (Å²) < 4.78 is 0. The Morgan fingerprint density at radius 3 is 1.60 bits per heavy atom. The first-order chi connectivity index (χ1) is 4.31. The highest BCUT2D eigenvalue weighted by Crippen LogP contribution is 2.18. The van der Waals surface area contributed by atoms with Crippen molar-refractivity contribution in [1.82, 2.24) is 0 Å². The van der Waals surface area contributed by atoms with E-state index in [-0.39, 0.29) is 0 Å². The molecule has 0 aliphatic carbocycles. The molecule has 0 unspecified atom stereocenters. The fourth-order valence-electron chi connectivity index (χ4n) is 0.364. The molecule has 0 aromatic carbocycles. The molecule has 0 aromatic heterocycles. The Hall–Kier alpha value is -0.116. The predicted octanol–water partition coefficient (Wildman–Crippen LogP) is 2.04. The molecule has 0 bridgehead atoms. The Morgan fingerprint density at radius 2 is 1.50 bits per heavy atom. The van der Waals surface area contributed by atoms with E-state index in [1.807, 2.05) is 5.94 Å². The van der Waals surface area contributed by atoms with E-state index in [1.54, 1.807) is 5.70 Å². The van der Waals surface area contributed by atoms with E-state index in [0.29, 0.717) is 0 Å². The zero-order valence-corrected chi connectivity index (χ0v) is 9.49. The van der Waals surface area contributed by atoms with Crippen molar-refractivity contribution in [3.63, 3.8) is 0 Å². The molecule has 0 amide bonds. The fraction of sp³-hybridized carbons (Fsp3) is 0.714. The lowest BCUT2D eigenvalue weighted by Crippen LogP contribution is -2.51. The number of rotatable bonds is 2. The van der Waals surface area contributed by atoms with Crippen LogP contribution in [0.4, 0.5) is 0 Å². The fourth-order valence-corrected chi connectivity index (χ4v) is 2.57. The second-order valence-electron chi connectivity index (χ2n) is 4.23. The Morgan fingerprint density at radius 1 is 1.10 bits per heavy atom. The van der Waals surface area contributed by atoms with Gasteiger partial charge in [0, 0.05) is 7.59 Å². The van der Waals surface area contributed by atoms with Crippen molar-refractivity contribution < 1.29 is 4.79 Å². The van der Waals surface area contributed by atoms with Gasteiger partial charge in [-0.1, -0.05) is 32.7 Å². The van der Waals surface area contributed by atoms with E-state index < -0.39 is 15.2 Å². The molecule has 0 spiro atoms. The van der Waals surface area contributed by atoms with Crippen molar-refractivity contribution in [2.75, 3.05) is 0 Å². The minimum Gasteiger partial charge on any atom is -0.234 e. The molecule has 0 aliphatic rings. The van der Waals surface area contributed by atoms with Crippen LogP contribution >= 0.6 is 0 Å². The lowest BCUT2D eigenvalue weighted by molar-refractivity contribution is 0.569. The minimum absolute atomic E-state index is 1.08. The van der Waals surface area contributed by atoms with Crippen molar-refractivity contribution >= 4 is 21.1 Å². The lowest BCUT2D eigenvalue weighted by Gasteiger charge is -2.30. The number of carbonyl (C=O) groups excluding carboxylic acids is 1. The predicted molar refractivity (Wildman–Crippen MR) is 51.1 cm³/mol. The molecule has 0 saturated carbocycles. The number of hydrogen-bond acceptors (Lipinski definition) is 1. The van der Waals surface area contributed by atoms with Gasteiger partial charge in [0.05, 0.1) is 7.59 Å². The highest BCUT2D eigenvalue weighted by molar-refractivity contribution is 7.42. The van der Waals surface area contributed by atoms with Gasteiger partial charge < -0.3 is 0 Å².